The Hall–Kier alpha value is -1.49. The Morgan fingerprint density at radius 3 is 2.44 bits per heavy atom. The van der Waals surface area contributed by atoms with E-state index in [9.17, 15) is 13.6 Å². The lowest BCUT2D eigenvalue weighted by Gasteiger charge is -2.07. The van der Waals surface area contributed by atoms with Gasteiger partial charge in [0.25, 0.3) is 5.91 Å². The van der Waals surface area contributed by atoms with Crippen LogP contribution >= 0.6 is 0 Å². The molecule has 0 unspecified atom stereocenters. The van der Waals surface area contributed by atoms with Crippen molar-refractivity contribution in [2.24, 2.45) is 0 Å². The number of likely N-dealkylation sites (N-methyl/N-ethyl adjacent to an activating group) is 1. The van der Waals surface area contributed by atoms with Gasteiger partial charge in [-0.2, -0.15) is 0 Å². The maximum Gasteiger partial charge on any atom is 0.257 e. The van der Waals surface area contributed by atoms with Crippen molar-refractivity contribution in [2.45, 2.75) is 6.92 Å². The van der Waals surface area contributed by atoms with Gasteiger partial charge in [-0.05, 0) is 18.7 Å². The van der Waals surface area contributed by atoms with Crippen LogP contribution in [0, 0.1) is 11.6 Å². The minimum atomic E-state index is -0.846. The summed E-state index contributed by atoms with van der Waals surface area (Å²) in [6.07, 6.45) is 0. The summed E-state index contributed by atoms with van der Waals surface area (Å²) in [6, 6.07) is 3.34. The molecule has 1 aromatic carbocycles. The van der Waals surface area contributed by atoms with Crippen LogP contribution in [0.5, 0.6) is 0 Å². The van der Waals surface area contributed by atoms with Crippen LogP contribution in [0.25, 0.3) is 0 Å². The SMILES string of the molecule is CCNCCNC(=O)c1c(F)cccc1F. The molecule has 0 bridgehead atoms. The molecule has 88 valence electrons. The lowest BCUT2D eigenvalue weighted by Crippen LogP contribution is -2.32. The molecule has 1 amide bonds. The van der Waals surface area contributed by atoms with E-state index in [4.69, 9.17) is 0 Å². The average molecular weight is 228 g/mol. The van der Waals surface area contributed by atoms with Gasteiger partial charge in [0.1, 0.15) is 17.2 Å². The highest BCUT2D eigenvalue weighted by molar-refractivity contribution is 5.94. The molecule has 0 aliphatic carbocycles. The second-order valence-corrected chi connectivity index (χ2v) is 3.21. The van der Waals surface area contributed by atoms with E-state index in [0.717, 1.165) is 18.7 Å². The number of hydrogen-bond donors (Lipinski definition) is 2. The fraction of sp³-hybridized carbons (Fsp3) is 0.364. The van der Waals surface area contributed by atoms with Crippen LogP contribution in [0.2, 0.25) is 0 Å². The van der Waals surface area contributed by atoms with Gasteiger partial charge in [-0.25, -0.2) is 8.78 Å². The highest BCUT2D eigenvalue weighted by Gasteiger charge is 2.15. The summed E-state index contributed by atoms with van der Waals surface area (Å²) in [7, 11) is 0. The van der Waals surface area contributed by atoms with Crippen molar-refractivity contribution < 1.29 is 13.6 Å². The molecule has 2 N–H and O–H groups in total. The second kappa shape index (κ2) is 6.17. The van der Waals surface area contributed by atoms with E-state index >= 15 is 0 Å². The molecule has 0 atom stereocenters. The van der Waals surface area contributed by atoms with Crippen molar-refractivity contribution in [3.63, 3.8) is 0 Å². The smallest absolute Gasteiger partial charge is 0.257 e. The number of halogens is 2. The first-order valence-corrected chi connectivity index (χ1v) is 5.09. The van der Waals surface area contributed by atoms with Gasteiger partial charge in [0.2, 0.25) is 0 Å². The first-order valence-electron chi connectivity index (χ1n) is 5.09. The van der Waals surface area contributed by atoms with Crippen molar-refractivity contribution in [3.8, 4) is 0 Å². The van der Waals surface area contributed by atoms with Crippen LogP contribution in [0.15, 0.2) is 18.2 Å². The van der Waals surface area contributed by atoms with Crippen molar-refractivity contribution in [2.75, 3.05) is 19.6 Å². The Kier molecular flexibility index (Phi) is 4.85. The minimum absolute atomic E-state index is 0.334. The zero-order valence-electron chi connectivity index (χ0n) is 9.02. The third kappa shape index (κ3) is 3.27. The van der Waals surface area contributed by atoms with Crippen LogP contribution in [-0.4, -0.2) is 25.5 Å². The van der Waals surface area contributed by atoms with Gasteiger partial charge < -0.3 is 10.6 Å². The van der Waals surface area contributed by atoms with E-state index in [1.807, 2.05) is 6.92 Å². The van der Waals surface area contributed by atoms with Gasteiger partial charge in [0, 0.05) is 13.1 Å². The summed E-state index contributed by atoms with van der Waals surface area (Å²) < 4.78 is 26.3. The van der Waals surface area contributed by atoms with Crippen molar-refractivity contribution in [1.29, 1.82) is 0 Å². The van der Waals surface area contributed by atoms with E-state index in [-0.39, 0.29) is 0 Å². The molecule has 0 fully saturated rings. The zero-order chi connectivity index (χ0) is 12.0. The Balaban J connectivity index is 2.59. The highest BCUT2D eigenvalue weighted by atomic mass is 19.1. The number of carbonyl (C=O) groups excluding carboxylic acids is 1. The standard InChI is InChI=1S/C11H14F2N2O/c1-2-14-6-7-15-11(16)10-8(12)4-3-5-9(10)13/h3-5,14H,2,6-7H2,1H3,(H,15,16). The summed E-state index contributed by atoms with van der Waals surface area (Å²) in [5.41, 5.74) is -0.529. The number of benzene rings is 1. The van der Waals surface area contributed by atoms with E-state index in [1.165, 1.54) is 6.07 Å². The quantitative estimate of drug-likeness (QED) is 0.746. The van der Waals surface area contributed by atoms with Crippen LogP contribution in [-0.2, 0) is 0 Å². The highest BCUT2D eigenvalue weighted by Crippen LogP contribution is 2.11. The second-order valence-electron chi connectivity index (χ2n) is 3.21. The minimum Gasteiger partial charge on any atom is -0.351 e. The summed E-state index contributed by atoms with van der Waals surface area (Å²) in [4.78, 5) is 11.4. The molecule has 0 saturated carbocycles. The molecular formula is C11H14F2N2O. The predicted octanol–water partition coefficient (Wildman–Crippen LogP) is 1.30. The molecule has 16 heavy (non-hydrogen) atoms. The van der Waals surface area contributed by atoms with Crippen molar-refractivity contribution in [1.82, 2.24) is 10.6 Å². The molecule has 0 aliphatic rings. The summed E-state index contributed by atoms with van der Waals surface area (Å²) in [5.74, 6) is -2.42. The van der Waals surface area contributed by atoms with E-state index in [0.29, 0.717) is 13.1 Å². The number of nitrogens with one attached hydrogen (secondary N) is 2. The topological polar surface area (TPSA) is 41.1 Å². The normalized spacial score (nSPS) is 10.2. The van der Waals surface area contributed by atoms with Gasteiger partial charge in [0.15, 0.2) is 0 Å². The number of rotatable bonds is 5. The monoisotopic (exact) mass is 228 g/mol. The van der Waals surface area contributed by atoms with Crippen LogP contribution in [0.1, 0.15) is 17.3 Å². The lowest BCUT2D eigenvalue weighted by atomic mass is 10.2. The van der Waals surface area contributed by atoms with E-state index in [1.54, 1.807) is 0 Å². The lowest BCUT2D eigenvalue weighted by molar-refractivity contribution is 0.0945. The summed E-state index contributed by atoms with van der Waals surface area (Å²) in [6.45, 7) is 3.61. The van der Waals surface area contributed by atoms with Gasteiger partial charge in [-0.15, -0.1) is 0 Å². The first-order chi connectivity index (χ1) is 7.66. The molecule has 1 aromatic rings. The average Bonchev–Trinajstić information content (AvgIpc) is 2.24. The van der Waals surface area contributed by atoms with Crippen molar-refractivity contribution in [3.05, 3.63) is 35.4 Å². The predicted molar refractivity (Wildman–Crippen MR) is 57.2 cm³/mol. The number of hydrogen-bond acceptors (Lipinski definition) is 2. The van der Waals surface area contributed by atoms with E-state index < -0.39 is 23.1 Å². The zero-order valence-corrected chi connectivity index (χ0v) is 9.02. The van der Waals surface area contributed by atoms with Crippen LogP contribution in [0.3, 0.4) is 0 Å². The van der Waals surface area contributed by atoms with Crippen LogP contribution in [0.4, 0.5) is 8.78 Å². The van der Waals surface area contributed by atoms with E-state index in [2.05, 4.69) is 10.6 Å². The molecule has 0 saturated heterocycles. The third-order valence-electron chi connectivity index (χ3n) is 2.03. The Bertz CT molecular complexity index is 349. The Morgan fingerprint density at radius 1 is 1.25 bits per heavy atom. The molecule has 5 heteroatoms. The maximum atomic E-state index is 13.2. The fourth-order valence-corrected chi connectivity index (χ4v) is 1.24. The summed E-state index contributed by atoms with van der Waals surface area (Å²) in [5, 5.41) is 5.42. The number of carbonyl (C=O) groups is 1. The van der Waals surface area contributed by atoms with Gasteiger partial charge in [0.05, 0.1) is 0 Å². The molecule has 0 aromatic heterocycles. The molecule has 0 heterocycles. The Labute approximate surface area is 92.8 Å². The van der Waals surface area contributed by atoms with Crippen molar-refractivity contribution >= 4 is 5.91 Å². The molecule has 0 radical (unpaired) electrons. The maximum absolute atomic E-state index is 13.2. The Morgan fingerprint density at radius 2 is 1.88 bits per heavy atom. The summed E-state index contributed by atoms with van der Waals surface area (Å²) >= 11 is 0. The fourth-order valence-electron chi connectivity index (χ4n) is 1.24. The molecule has 0 spiro atoms. The third-order valence-corrected chi connectivity index (χ3v) is 2.03. The first kappa shape index (κ1) is 12.6. The molecule has 3 nitrogen and oxygen atoms in total. The largest absolute Gasteiger partial charge is 0.351 e. The molecule has 1 rings (SSSR count). The molecule has 0 aliphatic heterocycles. The van der Waals surface area contributed by atoms with Gasteiger partial charge in [-0.1, -0.05) is 13.0 Å². The number of amides is 1. The van der Waals surface area contributed by atoms with Gasteiger partial charge in [-0.3, -0.25) is 4.79 Å². The van der Waals surface area contributed by atoms with Crippen LogP contribution < -0.4 is 10.6 Å². The van der Waals surface area contributed by atoms with Gasteiger partial charge >= 0.3 is 0 Å². The molecular weight excluding hydrogens is 214 g/mol.